The molecule has 1 aliphatic heterocycles. The van der Waals surface area contributed by atoms with E-state index in [2.05, 4.69) is 0 Å². The van der Waals surface area contributed by atoms with Crippen LogP contribution in [0.5, 0.6) is 0 Å². The van der Waals surface area contributed by atoms with E-state index < -0.39 is 15.8 Å². The third-order valence-electron chi connectivity index (χ3n) is 4.74. The highest BCUT2D eigenvalue weighted by atomic mass is 32.2. The fraction of sp³-hybridized carbons (Fsp3) is 0.350. The smallest absolute Gasteiger partial charge is 0.232 e. The molecule has 2 aromatic rings. The summed E-state index contributed by atoms with van der Waals surface area (Å²) in [5.74, 6) is -0.441. The van der Waals surface area contributed by atoms with E-state index >= 15 is 0 Å². The summed E-state index contributed by atoms with van der Waals surface area (Å²) in [6, 6.07) is 13.2. The van der Waals surface area contributed by atoms with Crippen molar-refractivity contribution < 1.29 is 17.6 Å². The van der Waals surface area contributed by atoms with Gasteiger partial charge in [0.15, 0.2) is 0 Å². The highest BCUT2D eigenvalue weighted by Gasteiger charge is 2.30. The molecule has 1 heterocycles. The van der Waals surface area contributed by atoms with Gasteiger partial charge < -0.3 is 4.90 Å². The molecule has 5 nitrogen and oxygen atoms in total. The van der Waals surface area contributed by atoms with Gasteiger partial charge in [-0.15, -0.1) is 0 Å². The minimum absolute atomic E-state index is 0.0139. The second kappa shape index (κ2) is 7.68. The Bertz CT molecular complexity index is 928. The van der Waals surface area contributed by atoms with Crippen LogP contribution >= 0.6 is 0 Å². The predicted octanol–water partition coefficient (Wildman–Crippen LogP) is 3.35. The minimum atomic E-state index is -3.52. The van der Waals surface area contributed by atoms with Crippen molar-refractivity contribution >= 4 is 27.3 Å². The van der Waals surface area contributed by atoms with Crippen LogP contribution in [0.3, 0.4) is 0 Å². The van der Waals surface area contributed by atoms with Gasteiger partial charge in [0.2, 0.25) is 15.9 Å². The van der Waals surface area contributed by atoms with Crippen molar-refractivity contribution in [3.05, 3.63) is 59.9 Å². The van der Waals surface area contributed by atoms with Gasteiger partial charge in [0, 0.05) is 24.7 Å². The van der Waals surface area contributed by atoms with Crippen LogP contribution in [0.15, 0.2) is 48.5 Å². The number of fused-ring (bicyclic) bond motifs is 1. The average molecular weight is 390 g/mol. The SMILES string of the molecule is C[C@H]1Cc2ccccc2N1C(=O)CCCN(c1ccc(F)cc1)S(C)(=O)=O. The maximum Gasteiger partial charge on any atom is 0.232 e. The Morgan fingerprint density at radius 2 is 1.85 bits per heavy atom. The molecular formula is C20H23FN2O3S. The third kappa shape index (κ3) is 4.30. The van der Waals surface area contributed by atoms with Crippen LogP contribution in [0.1, 0.15) is 25.3 Å². The van der Waals surface area contributed by atoms with Gasteiger partial charge in [-0.1, -0.05) is 18.2 Å². The van der Waals surface area contributed by atoms with Gasteiger partial charge in [-0.2, -0.15) is 0 Å². The Hall–Kier alpha value is -2.41. The molecule has 0 bridgehead atoms. The Labute approximate surface area is 159 Å². The van der Waals surface area contributed by atoms with Gasteiger partial charge in [0.1, 0.15) is 5.82 Å². The monoisotopic (exact) mass is 390 g/mol. The molecule has 27 heavy (non-hydrogen) atoms. The van der Waals surface area contributed by atoms with Crippen LogP contribution in [0.4, 0.5) is 15.8 Å². The number of benzene rings is 2. The van der Waals surface area contributed by atoms with Crippen molar-refractivity contribution in [3.63, 3.8) is 0 Å². The zero-order valence-electron chi connectivity index (χ0n) is 15.4. The van der Waals surface area contributed by atoms with Gasteiger partial charge >= 0.3 is 0 Å². The van der Waals surface area contributed by atoms with E-state index in [0.717, 1.165) is 23.9 Å². The molecule has 3 rings (SSSR count). The highest BCUT2D eigenvalue weighted by molar-refractivity contribution is 7.92. The summed E-state index contributed by atoms with van der Waals surface area (Å²) in [6.45, 7) is 2.18. The summed E-state index contributed by atoms with van der Waals surface area (Å²) in [4.78, 5) is 14.5. The summed E-state index contributed by atoms with van der Waals surface area (Å²) < 4.78 is 38.5. The fourth-order valence-electron chi connectivity index (χ4n) is 3.53. The zero-order valence-corrected chi connectivity index (χ0v) is 16.2. The molecule has 2 aromatic carbocycles. The van der Waals surface area contributed by atoms with Crippen molar-refractivity contribution in [2.75, 3.05) is 22.0 Å². The summed E-state index contributed by atoms with van der Waals surface area (Å²) in [6.07, 6.45) is 2.56. The van der Waals surface area contributed by atoms with Crippen LogP contribution in [0.2, 0.25) is 0 Å². The molecule has 1 atom stereocenters. The lowest BCUT2D eigenvalue weighted by atomic mass is 10.1. The number of rotatable bonds is 6. The number of nitrogens with zero attached hydrogens (tertiary/aromatic N) is 2. The van der Waals surface area contributed by atoms with Crippen LogP contribution in [-0.2, 0) is 21.2 Å². The number of anilines is 2. The molecule has 0 aromatic heterocycles. The quantitative estimate of drug-likeness (QED) is 0.760. The number of carbonyl (C=O) groups excluding carboxylic acids is 1. The first-order chi connectivity index (χ1) is 12.8. The van der Waals surface area contributed by atoms with E-state index in [1.807, 2.05) is 31.2 Å². The van der Waals surface area contributed by atoms with E-state index in [1.54, 1.807) is 4.90 Å². The zero-order chi connectivity index (χ0) is 19.6. The summed E-state index contributed by atoms with van der Waals surface area (Å²) in [5.41, 5.74) is 2.49. The largest absolute Gasteiger partial charge is 0.309 e. The Morgan fingerprint density at radius 1 is 1.19 bits per heavy atom. The molecule has 7 heteroatoms. The maximum atomic E-state index is 13.1. The molecule has 0 radical (unpaired) electrons. The number of para-hydroxylation sites is 1. The van der Waals surface area contributed by atoms with Gasteiger partial charge in [0.05, 0.1) is 11.9 Å². The average Bonchev–Trinajstić information content (AvgIpc) is 2.94. The van der Waals surface area contributed by atoms with Gasteiger partial charge in [-0.25, -0.2) is 12.8 Å². The second-order valence-electron chi connectivity index (χ2n) is 6.86. The number of amides is 1. The van der Waals surface area contributed by atoms with Crippen molar-refractivity contribution in [1.82, 2.24) is 0 Å². The molecule has 0 saturated carbocycles. The standard InChI is InChI=1S/C20H23FN2O3S/c1-15-14-16-6-3-4-7-19(16)23(15)20(24)8-5-13-22(27(2,25)26)18-11-9-17(21)10-12-18/h3-4,6-7,9-12,15H,5,8,13-14H2,1-2H3/t15-/m0/s1. The number of carbonyl (C=O) groups is 1. The van der Waals surface area contributed by atoms with Crippen LogP contribution < -0.4 is 9.21 Å². The number of hydrogen-bond acceptors (Lipinski definition) is 3. The molecule has 0 aliphatic carbocycles. The molecule has 0 saturated heterocycles. The molecule has 1 amide bonds. The normalized spacial score (nSPS) is 16.3. The van der Waals surface area contributed by atoms with Gasteiger partial charge in [0.25, 0.3) is 0 Å². The van der Waals surface area contributed by atoms with Gasteiger partial charge in [-0.3, -0.25) is 9.10 Å². The predicted molar refractivity (Wildman–Crippen MR) is 105 cm³/mol. The van der Waals surface area contributed by atoms with Crippen LogP contribution in [0.25, 0.3) is 0 Å². The van der Waals surface area contributed by atoms with Crippen molar-refractivity contribution in [1.29, 1.82) is 0 Å². The molecule has 0 fully saturated rings. The lowest BCUT2D eigenvalue weighted by Gasteiger charge is -2.25. The van der Waals surface area contributed by atoms with Crippen molar-refractivity contribution in [2.45, 2.75) is 32.2 Å². The summed E-state index contributed by atoms with van der Waals surface area (Å²) >= 11 is 0. The Balaban J connectivity index is 1.67. The number of halogens is 1. The van der Waals surface area contributed by atoms with Crippen molar-refractivity contribution in [2.24, 2.45) is 0 Å². The number of sulfonamides is 1. The second-order valence-corrected chi connectivity index (χ2v) is 8.77. The first kappa shape index (κ1) is 19.4. The Kier molecular flexibility index (Phi) is 5.51. The first-order valence-electron chi connectivity index (χ1n) is 8.90. The Morgan fingerprint density at radius 3 is 2.52 bits per heavy atom. The highest BCUT2D eigenvalue weighted by Crippen LogP contribution is 2.32. The fourth-order valence-corrected chi connectivity index (χ4v) is 4.50. The van der Waals surface area contributed by atoms with Gasteiger partial charge in [-0.05, 0) is 55.7 Å². The first-order valence-corrected chi connectivity index (χ1v) is 10.8. The lowest BCUT2D eigenvalue weighted by Crippen LogP contribution is -2.37. The molecule has 0 unspecified atom stereocenters. The van der Waals surface area contributed by atoms with E-state index in [4.69, 9.17) is 0 Å². The third-order valence-corrected chi connectivity index (χ3v) is 5.94. The van der Waals surface area contributed by atoms with Crippen molar-refractivity contribution in [3.8, 4) is 0 Å². The van der Waals surface area contributed by atoms with Crippen LogP contribution in [-0.4, -0.2) is 33.2 Å². The molecule has 144 valence electrons. The topological polar surface area (TPSA) is 57.7 Å². The molecule has 0 N–H and O–H groups in total. The van der Waals surface area contributed by atoms with E-state index in [9.17, 15) is 17.6 Å². The van der Waals surface area contributed by atoms with Crippen LogP contribution in [0, 0.1) is 5.82 Å². The lowest BCUT2D eigenvalue weighted by molar-refractivity contribution is -0.118. The maximum absolute atomic E-state index is 13.1. The minimum Gasteiger partial charge on any atom is -0.309 e. The van der Waals surface area contributed by atoms with E-state index in [0.29, 0.717) is 12.1 Å². The summed E-state index contributed by atoms with van der Waals surface area (Å²) in [7, 11) is -3.52. The van der Waals surface area contributed by atoms with E-state index in [-0.39, 0.29) is 24.9 Å². The molecule has 1 aliphatic rings. The van der Waals surface area contributed by atoms with E-state index in [1.165, 1.54) is 28.6 Å². The summed E-state index contributed by atoms with van der Waals surface area (Å²) in [5, 5.41) is 0. The molecular weight excluding hydrogens is 367 g/mol. The molecule has 0 spiro atoms. The number of hydrogen-bond donors (Lipinski definition) is 0.